The van der Waals surface area contributed by atoms with Crippen molar-refractivity contribution in [1.82, 2.24) is 15.1 Å². The molecule has 0 unspecified atom stereocenters. The van der Waals surface area contributed by atoms with Crippen LogP contribution < -0.4 is 5.32 Å². The van der Waals surface area contributed by atoms with Gasteiger partial charge in [-0.1, -0.05) is 66.8 Å². The number of halogens is 6. The first kappa shape index (κ1) is 63.8. The summed E-state index contributed by atoms with van der Waals surface area (Å²) in [6.45, 7) is 11.4. The second kappa shape index (κ2) is 33.5. The summed E-state index contributed by atoms with van der Waals surface area (Å²) in [5.41, 5.74) is -3.77. The maximum Gasteiger partial charge on any atom is 0.426 e. The molecule has 2 aliphatic heterocycles. The first-order valence-corrected chi connectivity index (χ1v) is 27.5. The standard InChI is InChI=1S/C50H83F6N3O9S2/c1-7-25-48(49(51,52)53,50(54,55)56)67-32-19-31-66-39(3)38(2)20-13-9-8-11-17-30-65-33-29-58(6)28-26-47(4,5)70-69-34-18-12-10-16-27-57-44(63)24-23-40-36-59(45(64)22-15-14-21-41(40)61)46-35-42(62)43(37-60)68-46/h8,11,17,30,36,38-39,42-43,46,60,62H,7,9-10,12-16,18-29,31-35,37H2,1-6H3,(H,57,63)/b11-8+,30-17+,40-36-/t38-,39-,42-,43+,46+/m0/s1. The molecule has 2 amide bonds. The molecule has 0 saturated carbocycles. The first-order valence-electron chi connectivity index (χ1n) is 25.1. The number of ether oxygens (including phenoxy) is 4. The van der Waals surface area contributed by atoms with Crippen molar-refractivity contribution in [3.63, 3.8) is 0 Å². The number of alkyl halides is 6. The predicted octanol–water partition coefficient (Wildman–Crippen LogP) is 10.6. The normalized spacial score (nSPS) is 20.8. The zero-order valence-corrected chi connectivity index (χ0v) is 44.0. The van der Waals surface area contributed by atoms with Crippen LogP contribution in [0.3, 0.4) is 0 Å². The minimum Gasteiger partial charge on any atom is -0.500 e. The number of carbonyl (C=O) groups excluding carboxylic acids is 3. The Balaban J connectivity index is 1.50. The quantitative estimate of drug-likeness (QED) is 0.0183. The monoisotopic (exact) mass is 1050 g/mol. The second-order valence-corrected chi connectivity index (χ2v) is 22.2. The zero-order valence-electron chi connectivity index (χ0n) is 42.4. The molecule has 406 valence electrons. The van der Waals surface area contributed by atoms with Gasteiger partial charge in [0.15, 0.2) is 5.78 Å². The molecule has 12 nitrogen and oxygen atoms in total. The van der Waals surface area contributed by atoms with E-state index in [9.17, 15) is 50.9 Å². The fourth-order valence-corrected chi connectivity index (χ4v) is 10.5. The summed E-state index contributed by atoms with van der Waals surface area (Å²) in [6.07, 6.45) is 3.34. The smallest absolute Gasteiger partial charge is 0.426 e. The number of ketones is 1. The number of hydrogen-bond acceptors (Lipinski definition) is 12. The highest BCUT2D eigenvalue weighted by atomic mass is 33.1. The maximum absolute atomic E-state index is 13.4. The maximum atomic E-state index is 13.4. The molecule has 2 aliphatic rings. The summed E-state index contributed by atoms with van der Waals surface area (Å²) in [5.74, 6) is 0.741. The van der Waals surface area contributed by atoms with Crippen molar-refractivity contribution in [3.8, 4) is 0 Å². The molecule has 0 aromatic rings. The molecule has 0 spiro atoms. The molecule has 0 radical (unpaired) electrons. The molecule has 70 heavy (non-hydrogen) atoms. The topological polar surface area (TPSA) is 147 Å². The van der Waals surface area contributed by atoms with Gasteiger partial charge in [-0.3, -0.25) is 19.3 Å². The Morgan fingerprint density at radius 1 is 0.971 bits per heavy atom. The number of allylic oxidation sites excluding steroid dienone is 4. The van der Waals surface area contributed by atoms with Crippen LogP contribution in [0.25, 0.3) is 0 Å². The van der Waals surface area contributed by atoms with Gasteiger partial charge in [-0.15, -0.1) is 0 Å². The van der Waals surface area contributed by atoms with E-state index in [-0.39, 0.29) is 86.1 Å². The van der Waals surface area contributed by atoms with Crippen LogP contribution in [0.1, 0.15) is 150 Å². The van der Waals surface area contributed by atoms with Crippen LogP contribution in [0, 0.1) is 5.92 Å². The highest BCUT2D eigenvalue weighted by molar-refractivity contribution is 8.77. The van der Waals surface area contributed by atoms with E-state index >= 15 is 0 Å². The number of aliphatic hydroxyl groups is 2. The van der Waals surface area contributed by atoms with E-state index < -0.39 is 49.4 Å². The van der Waals surface area contributed by atoms with Crippen LogP contribution in [-0.4, -0.2) is 144 Å². The van der Waals surface area contributed by atoms with Crippen molar-refractivity contribution in [2.45, 2.75) is 197 Å². The Morgan fingerprint density at radius 2 is 1.69 bits per heavy atom. The van der Waals surface area contributed by atoms with E-state index in [0.717, 1.165) is 70.2 Å². The molecule has 1 fully saturated rings. The van der Waals surface area contributed by atoms with Gasteiger partial charge in [-0.05, 0) is 117 Å². The summed E-state index contributed by atoms with van der Waals surface area (Å²) < 4.78 is 102. The van der Waals surface area contributed by atoms with Gasteiger partial charge in [0.25, 0.3) is 5.60 Å². The third-order valence-electron chi connectivity index (χ3n) is 12.5. The number of unbranched alkanes of at least 4 members (excludes halogenated alkanes) is 4. The molecule has 20 heteroatoms. The Bertz CT molecular complexity index is 1590. The highest BCUT2D eigenvalue weighted by Gasteiger charge is 2.71. The van der Waals surface area contributed by atoms with Gasteiger partial charge in [0, 0.05) is 67.7 Å². The highest BCUT2D eigenvalue weighted by Crippen LogP contribution is 2.49. The van der Waals surface area contributed by atoms with E-state index in [1.165, 1.54) is 18.0 Å². The average molecular weight is 1050 g/mol. The Morgan fingerprint density at radius 3 is 2.37 bits per heavy atom. The molecular weight excluding hydrogens is 965 g/mol. The summed E-state index contributed by atoms with van der Waals surface area (Å²) in [4.78, 5) is 42.2. The van der Waals surface area contributed by atoms with Gasteiger partial charge in [0.1, 0.15) is 12.3 Å². The number of aliphatic hydroxyl groups excluding tert-OH is 2. The molecule has 0 aromatic carbocycles. The van der Waals surface area contributed by atoms with Crippen LogP contribution in [0.4, 0.5) is 26.3 Å². The molecule has 5 atom stereocenters. The molecule has 0 bridgehead atoms. The zero-order chi connectivity index (χ0) is 52.2. The number of nitrogens with zero attached hydrogens (tertiary/aromatic N) is 2. The van der Waals surface area contributed by atoms with Crippen molar-refractivity contribution in [1.29, 1.82) is 0 Å². The van der Waals surface area contributed by atoms with Crippen LogP contribution in [0.5, 0.6) is 0 Å². The van der Waals surface area contributed by atoms with E-state index in [1.54, 1.807) is 6.26 Å². The molecule has 0 aromatic heterocycles. The minimum absolute atomic E-state index is 0.00118. The van der Waals surface area contributed by atoms with Gasteiger partial charge >= 0.3 is 12.4 Å². The fraction of sp³-hybridized carbons (Fsp3) is 0.820. The van der Waals surface area contributed by atoms with E-state index in [1.807, 2.05) is 53.7 Å². The van der Waals surface area contributed by atoms with Crippen LogP contribution in [-0.2, 0) is 33.3 Å². The Hall–Kier alpha value is -2.33. The third-order valence-corrected chi connectivity index (χ3v) is 16.0. The number of rotatable bonds is 35. The lowest BCUT2D eigenvalue weighted by Gasteiger charge is -2.37. The van der Waals surface area contributed by atoms with Gasteiger partial charge in [0.05, 0.1) is 38.3 Å². The number of Topliss-reactive ketones (excluding diaryl/α,β-unsaturated/α-hetero) is 1. The molecule has 2 rings (SSSR count). The largest absolute Gasteiger partial charge is 0.500 e. The van der Waals surface area contributed by atoms with Crippen LogP contribution in [0.15, 0.2) is 36.3 Å². The lowest BCUT2D eigenvalue weighted by atomic mass is 9.96. The van der Waals surface area contributed by atoms with Crippen LogP contribution >= 0.6 is 21.6 Å². The van der Waals surface area contributed by atoms with Crippen LogP contribution in [0.2, 0.25) is 0 Å². The molecular formula is C50H83F6N3O9S2. The van der Waals surface area contributed by atoms with Crippen molar-refractivity contribution in [2.24, 2.45) is 5.92 Å². The summed E-state index contributed by atoms with van der Waals surface area (Å²) in [7, 11) is 5.89. The van der Waals surface area contributed by atoms with Crippen molar-refractivity contribution >= 4 is 39.2 Å². The first-order chi connectivity index (χ1) is 33.1. The molecule has 2 heterocycles. The van der Waals surface area contributed by atoms with E-state index in [0.29, 0.717) is 38.0 Å². The summed E-state index contributed by atoms with van der Waals surface area (Å²) in [5, 5.41) is 22.6. The lowest BCUT2D eigenvalue weighted by Crippen LogP contribution is -2.58. The van der Waals surface area contributed by atoms with E-state index in [2.05, 4.69) is 35.8 Å². The fourth-order valence-electron chi connectivity index (χ4n) is 7.80. The summed E-state index contributed by atoms with van der Waals surface area (Å²) >= 11 is 0. The molecule has 1 saturated heterocycles. The van der Waals surface area contributed by atoms with Crippen molar-refractivity contribution in [2.75, 3.05) is 58.9 Å². The second-order valence-electron chi connectivity index (χ2n) is 19.1. The summed E-state index contributed by atoms with van der Waals surface area (Å²) in [6, 6.07) is 0. The van der Waals surface area contributed by atoms with Gasteiger partial charge in [0.2, 0.25) is 11.8 Å². The van der Waals surface area contributed by atoms with Gasteiger partial charge < -0.3 is 39.4 Å². The molecule has 0 aliphatic carbocycles. The average Bonchev–Trinajstić information content (AvgIpc) is 3.69. The van der Waals surface area contributed by atoms with Gasteiger partial charge in [-0.25, -0.2) is 0 Å². The Kier molecular flexibility index (Phi) is 30.5. The van der Waals surface area contributed by atoms with Crippen molar-refractivity contribution in [3.05, 3.63) is 36.3 Å². The minimum atomic E-state index is -5.56. The SMILES string of the molecule is CCCC(OCCCO[C@@H](C)[C@@H](C)CCC/C=C/C=C/OCCN(C)CCC(C)(C)SSCCCCCCNC(=O)CC/C1=C/N([C@H]2C[C@H](O)[C@@H](CO)O2)C(=O)CCCCC1=O)(C(F)(F)F)C(F)(F)F. The number of nitrogens with one attached hydrogen (secondary N) is 1. The van der Waals surface area contributed by atoms with Gasteiger partial charge in [-0.2, -0.15) is 26.3 Å². The Labute approximate surface area is 421 Å². The number of likely N-dealkylation sites (N-methyl/N-ethyl adjacent to an activating group) is 1. The molecule has 3 N–H and O–H groups in total. The number of amides is 2. The lowest BCUT2D eigenvalue weighted by molar-refractivity contribution is -0.383. The predicted molar refractivity (Wildman–Crippen MR) is 265 cm³/mol. The third kappa shape index (κ3) is 24.1. The number of hydrogen-bond donors (Lipinski definition) is 3. The van der Waals surface area contributed by atoms with Crippen molar-refractivity contribution < 1.29 is 69.9 Å². The number of carbonyl (C=O) groups is 3. The van der Waals surface area contributed by atoms with E-state index in [4.69, 9.17) is 14.2 Å².